The van der Waals surface area contributed by atoms with Crippen molar-refractivity contribution < 1.29 is 14.6 Å². The maximum Gasteiger partial charge on any atom is 0.328 e. The summed E-state index contributed by atoms with van der Waals surface area (Å²) < 4.78 is 5.76. The molecule has 104 valence electrons. The van der Waals surface area contributed by atoms with Gasteiger partial charge >= 0.3 is 5.97 Å². The number of hydrogen-bond donors (Lipinski definition) is 1. The highest BCUT2D eigenvalue weighted by atomic mass is 16.5. The largest absolute Gasteiger partial charge is 0.493 e. The van der Waals surface area contributed by atoms with Crippen molar-refractivity contribution in [2.45, 2.75) is 34.1 Å². The summed E-state index contributed by atoms with van der Waals surface area (Å²) in [7, 11) is 0. The standard InChI is InChI=1S/C16H22O3/c1-12-5-7-14(19-10-9-16(2,3)4)13(11-12)6-8-15(17)18/h5-8,11H,9-10H2,1-4H3,(H,17,18). The predicted octanol–water partition coefficient (Wildman–Crippen LogP) is 3.91. The smallest absolute Gasteiger partial charge is 0.328 e. The number of hydrogen-bond acceptors (Lipinski definition) is 2. The molecule has 1 rings (SSSR count). The Bertz CT molecular complexity index is 467. The summed E-state index contributed by atoms with van der Waals surface area (Å²) in [6.07, 6.45) is 3.65. The lowest BCUT2D eigenvalue weighted by Gasteiger charge is -2.18. The van der Waals surface area contributed by atoms with Crippen molar-refractivity contribution in [3.63, 3.8) is 0 Å². The van der Waals surface area contributed by atoms with Gasteiger partial charge in [-0.15, -0.1) is 0 Å². The molecule has 0 aromatic heterocycles. The second-order valence-electron chi connectivity index (χ2n) is 5.87. The van der Waals surface area contributed by atoms with Crippen LogP contribution in [0, 0.1) is 12.3 Å². The van der Waals surface area contributed by atoms with Gasteiger partial charge < -0.3 is 9.84 Å². The van der Waals surface area contributed by atoms with Crippen LogP contribution < -0.4 is 4.74 Å². The molecule has 0 amide bonds. The molecule has 0 spiro atoms. The van der Waals surface area contributed by atoms with Crippen molar-refractivity contribution in [3.8, 4) is 5.75 Å². The van der Waals surface area contributed by atoms with E-state index in [1.54, 1.807) is 6.08 Å². The molecule has 0 bridgehead atoms. The second kappa shape index (κ2) is 6.41. The lowest BCUT2D eigenvalue weighted by Crippen LogP contribution is -2.11. The lowest BCUT2D eigenvalue weighted by atomic mass is 9.93. The lowest BCUT2D eigenvalue weighted by molar-refractivity contribution is -0.131. The number of rotatable bonds is 5. The molecule has 0 saturated heterocycles. The number of carboxylic acid groups (broad SMARTS) is 1. The summed E-state index contributed by atoms with van der Waals surface area (Å²) in [5.74, 6) is -0.227. The maximum atomic E-state index is 10.6. The third-order valence-electron chi connectivity index (χ3n) is 2.68. The molecule has 3 heteroatoms. The summed E-state index contributed by atoms with van der Waals surface area (Å²) in [6, 6.07) is 5.77. The SMILES string of the molecule is Cc1ccc(OCCC(C)(C)C)c(C=CC(=O)O)c1. The fraction of sp³-hybridized carbons (Fsp3) is 0.438. The molecule has 0 aliphatic carbocycles. The minimum absolute atomic E-state index is 0.224. The molecule has 3 nitrogen and oxygen atoms in total. The molecule has 1 aromatic rings. The van der Waals surface area contributed by atoms with Crippen LogP contribution in [0.2, 0.25) is 0 Å². The molecule has 0 aliphatic heterocycles. The summed E-state index contributed by atoms with van der Waals surface area (Å²) >= 11 is 0. The molecule has 0 heterocycles. The Kier molecular flexibility index (Phi) is 5.16. The highest BCUT2D eigenvalue weighted by Crippen LogP contribution is 2.24. The third-order valence-corrected chi connectivity index (χ3v) is 2.68. The number of carboxylic acids is 1. The zero-order chi connectivity index (χ0) is 14.5. The van der Waals surface area contributed by atoms with Gasteiger partial charge in [-0.25, -0.2) is 4.79 Å². The Morgan fingerprint density at radius 2 is 2.05 bits per heavy atom. The summed E-state index contributed by atoms with van der Waals surface area (Å²) in [4.78, 5) is 10.6. The molecular formula is C16H22O3. The van der Waals surface area contributed by atoms with Crippen LogP contribution in [0.5, 0.6) is 5.75 Å². The van der Waals surface area contributed by atoms with E-state index >= 15 is 0 Å². The Morgan fingerprint density at radius 1 is 1.37 bits per heavy atom. The van der Waals surface area contributed by atoms with Crippen LogP contribution in [0.4, 0.5) is 0 Å². The third kappa shape index (κ3) is 6.09. The van der Waals surface area contributed by atoms with Gasteiger partial charge in [0.15, 0.2) is 0 Å². The van der Waals surface area contributed by atoms with Gasteiger partial charge in [-0.2, -0.15) is 0 Å². The van der Waals surface area contributed by atoms with E-state index in [0.717, 1.165) is 29.4 Å². The van der Waals surface area contributed by atoms with Crippen molar-refractivity contribution in [2.75, 3.05) is 6.61 Å². The van der Waals surface area contributed by atoms with E-state index in [1.165, 1.54) is 0 Å². The molecule has 0 unspecified atom stereocenters. The first kappa shape index (κ1) is 15.3. The molecule has 1 N–H and O–H groups in total. The zero-order valence-corrected chi connectivity index (χ0v) is 12.1. The van der Waals surface area contributed by atoms with Crippen molar-refractivity contribution in [1.29, 1.82) is 0 Å². The van der Waals surface area contributed by atoms with Crippen LogP contribution in [-0.2, 0) is 4.79 Å². The van der Waals surface area contributed by atoms with Crippen LogP contribution >= 0.6 is 0 Å². The molecule has 0 fully saturated rings. The van der Waals surface area contributed by atoms with Crippen LogP contribution in [0.1, 0.15) is 38.3 Å². The first-order valence-electron chi connectivity index (χ1n) is 6.42. The van der Waals surface area contributed by atoms with E-state index in [4.69, 9.17) is 9.84 Å². The first-order chi connectivity index (χ1) is 8.78. The van der Waals surface area contributed by atoms with Crippen molar-refractivity contribution in [3.05, 3.63) is 35.4 Å². The fourth-order valence-corrected chi connectivity index (χ4v) is 1.56. The molecule has 0 radical (unpaired) electrons. The van der Waals surface area contributed by atoms with Crippen molar-refractivity contribution >= 4 is 12.0 Å². The van der Waals surface area contributed by atoms with Gasteiger partial charge in [0, 0.05) is 11.6 Å². The van der Waals surface area contributed by atoms with E-state index < -0.39 is 5.97 Å². The molecule has 0 saturated carbocycles. The molecule has 0 aliphatic rings. The van der Waals surface area contributed by atoms with Gasteiger partial charge in [-0.3, -0.25) is 0 Å². The molecular weight excluding hydrogens is 240 g/mol. The predicted molar refractivity (Wildman–Crippen MR) is 77.4 cm³/mol. The van der Waals surface area contributed by atoms with Gasteiger partial charge in [-0.05, 0) is 37.0 Å². The topological polar surface area (TPSA) is 46.5 Å². The zero-order valence-electron chi connectivity index (χ0n) is 12.1. The fourth-order valence-electron chi connectivity index (χ4n) is 1.56. The Hall–Kier alpha value is -1.77. The van der Waals surface area contributed by atoms with Gasteiger partial charge in [0.2, 0.25) is 0 Å². The van der Waals surface area contributed by atoms with Gasteiger partial charge in [0.25, 0.3) is 0 Å². The number of aliphatic carboxylic acids is 1. The highest BCUT2D eigenvalue weighted by Gasteiger charge is 2.10. The van der Waals surface area contributed by atoms with Gasteiger partial charge in [-0.1, -0.05) is 32.4 Å². The van der Waals surface area contributed by atoms with Crippen LogP contribution in [0.25, 0.3) is 6.08 Å². The number of carbonyl (C=O) groups is 1. The number of ether oxygens (including phenoxy) is 1. The monoisotopic (exact) mass is 262 g/mol. The molecule has 1 aromatic carbocycles. The number of benzene rings is 1. The Morgan fingerprint density at radius 3 is 2.63 bits per heavy atom. The highest BCUT2D eigenvalue weighted by molar-refractivity contribution is 5.85. The molecule has 0 atom stereocenters. The van der Waals surface area contributed by atoms with E-state index in [-0.39, 0.29) is 5.41 Å². The average Bonchev–Trinajstić information content (AvgIpc) is 2.27. The van der Waals surface area contributed by atoms with Crippen molar-refractivity contribution in [2.24, 2.45) is 5.41 Å². The van der Waals surface area contributed by atoms with Crippen LogP contribution in [-0.4, -0.2) is 17.7 Å². The Balaban J connectivity index is 2.79. The van der Waals surface area contributed by atoms with E-state index in [9.17, 15) is 4.79 Å². The number of aryl methyl sites for hydroxylation is 1. The Labute approximate surface area is 114 Å². The summed E-state index contributed by atoms with van der Waals surface area (Å²) in [6.45, 7) is 9.09. The van der Waals surface area contributed by atoms with E-state index in [1.807, 2.05) is 25.1 Å². The van der Waals surface area contributed by atoms with Gasteiger partial charge in [0.1, 0.15) is 5.75 Å². The van der Waals surface area contributed by atoms with E-state index in [2.05, 4.69) is 20.8 Å². The minimum atomic E-state index is -0.956. The maximum absolute atomic E-state index is 10.6. The van der Waals surface area contributed by atoms with Crippen molar-refractivity contribution in [1.82, 2.24) is 0 Å². The average molecular weight is 262 g/mol. The van der Waals surface area contributed by atoms with E-state index in [0.29, 0.717) is 6.61 Å². The first-order valence-corrected chi connectivity index (χ1v) is 6.42. The minimum Gasteiger partial charge on any atom is -0.493 e. The summed E-state index contributed by atoms with van der Waals surface area (Å²) in [5, 5.41) is 8.69. The van der Waals surface area contributed by atoms with Crippen LogP contribution in [0.3, 0.4) is 0 Å². The molecule has 19 heavy (non-hydrogen) atoms. The normalized spacial score (nSPS) is 11.8. The van der Waals surface area contributed by atoms with Crippen LogP contribution in [0.15, 0.2) is 24.3 Å². The quantitative estimate of drug-likeness (QED) is 0.818. The summed E-state index contributed by atoms with van der Waals surface area (Å²) in [5.41, 5.74) is 2.10. The van der Waals surface area contributed by atoms with Gasteiger partial charge in [0.05, 0.1) is 6.61 Å². The second-order valence-corrected chi connectivity index (χ2v) is 5.87.